The summed E-state index contributed by atoms with van der Waals surface area (Å²) in [6.07, 6.45) is 0.412. The zero-order valence-corrected chi connectivity index (χ0v) is 14.6. The third-order valence-corrected chi connectivity index (χ3v) is 4.94. The van der Waals surface area contributed by atoms with Crippen molar-refractivity contribution in [1.29, 1.82) is 0 Å². The van der Waals surface area contributed by atoms with Gasteiger partial charge in [0.1, 0.15) is 5.75 Å². The molecular weight excluding hydrogens is 334 g/mol. The van der Waals surface area contributed by atoms with Gasteiger partial charge in [0, 0.05) is 17.7 Å². The Bertz CT molecular complexity index is 967. The molecule has 1 unspecified atom stereocenters. The van der Waals surface area contributed by atoms with E-state index in [4.69, 9.17) is 16.3 Å². The summed E-state index contributed by atoms with van der Waals surface area (Å²) in [6.45, 7) is 2.50. The number of benzene rings is 3. The van der Waals surface area contributed by atoms with E-state index in [9.17, 15) is 4.79 Å². The zero-order chi connectivity index (χ0) is 17.4. The van der Waals surface area contributed by atoms with E-state index in [1.807, 2.05) is 43.3 Å². The van der Waals surface area contributed by atoms with Crippen LogP contribution in [0, 0.1) is 0 Å². The van der Waals surface area contributed by atoms with Crippen LogP contribution in [0.1, 0.15) is 30.4 Å². The predicted molar refractivity (Wildman–Crippen MR) is 102 cm³/mol. The van der Waals surface area contributed by atoms with Crippen LogP contribution < -0.4 is 10.1 Å². The highest BCUT2D eigenvalue weighted by Gasteiger charge is 2.28. The van der Waals surface area contributed by atoms with Crippen LogP contribution in [0.25, 0.3) is 10.8 Å². The molecule has 1 atom stereocenters. The summed E-state index contributed by atoms with van der Waals surface area (Å²) >= 11 is 6.36. The van der Waals surface area contributed by atoms with Gasteiger partial charge in [-0.3, -0.25) is 4.79 Å². The number of hydrogen-bond donors (Lipinski definition) is 1. The number of rotatable bonds is 3. The highest BCUT2D eigenvalue weighted by molar-refractivity contribution is 6.32. The molecule has 4 rings (SSSR count). The largest absolute Gasteiger partial charge is 0.492 e. The van der Waals surface area contributed by atoms with Crippen molar-refractivity contribution < 1.29 is 9.53 Å². The molecule has 0 saturated carbocycles. The van der Waals surface area contributed by atoms with Crippen molar-refractivity contribution in [2.75, 3.05) is 11.9 Å². The minimum atomic E-state index is -0.0125. The summed E-state index contributed by atoms with van der Waals surface area (Å²) in [6, 6.07) is 18.1. The van der Waals surface area contributed by atoms with Crippen molar-refractivity contribution in [3.8, 4) is 5.75 Å². The van der Waals surface area contributed by atoms with Crippen molar-refractivity contribution in [1.82, 2.24) is 0 Å². The minimum absolute atomic E-state index is 0.0125. The summed E-state index contributed by atoms with van der Waals surface area (Å²) < 4.78 is 5.52. The minimum Gasteiger partial charge on any atom is -0.492 e. The first-order valence-electron chi connectivity index (χ1n) is 8.41. The highest BCUT2D eigenvalue weighted by Crippen LogP contribution is 2.42. The first-order valence-corrected chi connectivity index (χ1v) is 8.79. The van der Waals surface area contributed by atoms with Crippen LogP contribution >= 0.6 is 11.6 Å². The molecule has 3 aromatic rings. The first kappa shape index (κ1) is 16.0. The van der Waals surface area contributed by atoms with Crippen LogP contribution in [-0.2, 0) is 4.79 Å². The van der Waals surface area contributed by atoms with Gasteiger partial charge in [-0.15, -0.1) is 0 Å². The maximum Gasteiger partial charge on any atom is 0.225 e. The van der Waals surface area contributed by atoms with Gasteiger partial charge in [0.05, 0.1) is 17.3 Å². The van der Waals surface area contributed by atoms with Crippen LogP contribution in [0.15, 0.2) is 54.6 Å². The summed E-state index contributed by atoms with van der Waals surface area (Å²) in [5.74, 6) is 0.687. The lowest BCUT2D eigenvalue weighted by molar-refractivity contribution is -0.116. The lowest BCUT2D eigenvalue weighted by Gasteiger charge is -2.27. The molecule has 25 heavy (non-hydrogen) atoms. The molecule has 1 N–H and O–H groups in total. The molecule has 3 nitrogen and oxygen atoms in total. The molecule has 0 saturated heterocycles. The molecule has 0 aromatic heterocycles. The van der Waals surface area contributed by atoms with Gasteiger partial charge in [0.2, 0.25) is 5.91 Å². The maximum atomic E-state index is 12.3. The average molecular weight is 352 g/mol. The van der Waals surface area contributed by atoms with Crippen molar-refractivity contribution >= 4 is 34.0 Å². The number of anilines is 1. The maximum absolute atomic E-state index is 12.3. The molecule has 0 radical (unpaired) electrons. The van der Waals surface area contributed by atoms with Crippen LogP contribution in [0.4, 0.5) is 5.69 Å². The normalized spacial score (nSPS) is 16.4. The van der Waals surface area contributed by atoms with E-state index in [-0.39, 0.29) is 11.8 Å². The molecule has 1 amide bonds. The van der Waals surface area contributed by atoms with Crippen LogP contribution in [0.5, 0.6) is 5.75 Å². The number of carbonyl (C=O) groups is 1. The Morgan fingerprint density at radius 2 is 2.00 bits per heavy atom. The Balaban J connectivity index is 1.84. The number of nitrogens with one attached hydrogen (secondary N) is 1. The van der Waals surface area contributed by atoms with E-state index in [1.165, 1.54) is 0 Å². The molecule has 0 aliphatic carbocycles. The van der Waals surface area contributed by atoms with E-state index < -0.39 is 0 Å². The molecule has 1 aliphatic heterocycles. The zero-order valence-electron chi connectivity index (χ0n) is 13.9. The van der Waals surface area contributed by atoms with Gasteiger partial charge in [-0.1, -0.05) is 54.1 Å². The Kier molecular flexibility index (Phi) is 4.10. The molecule has 126 valence electrons. The van der Waals surface area contributed by atoms with Gasteiger partial charge < -0.3 is 10.1 Å². The molecule has 0 bridgehead atoms. The monoisotopic (exact) mass is 351 g/mol. The topological polar surface area (TPSA) is 38.3 Å². The van der Waals surface area contributed by atoms with Crippen LogP contribution in [0.2, 0.25) is 5.02 Å². The summed E-state index contributed by atoms with van der Waals surface area (Å²) in [4.78, 5) is 12.3. The standard InChI is InChI=1S/C21H18ClNO2/c1-2-25-19-10-8-14(11-18(19)22)17-12-20(24)23-21-15-6-4-3-5-13(15)7-9-16(17)21/h3-11,17H,2,12H2,1H3,(H,23,24). The molecule has 0 fully saturated rings. The van der Waals surface area contributed by atoms with Crippen molar-refractivity contribution in [3.63, 3.8) is 0 Å². The Morgan fingerprint density at radius 1 is 1.16 bits per heavy atom. The van der Waals surface area contributed by atoms with Crippen LogP contribution in [0.3, 0.4) is 0 Å². The third-order valence-electron chi connectivity index (χ3n) is 4.65. The molecule has 0 spiro atoms. The van der Waals surface area contributed by atoms with Gasteiger partial charge in [-0.2, -0.15) is 0 Å². The third kappa shape index (κ3) is 2.85. The number of ether oxygens (including phenoxy) is 1. The second kappa shape index (κ2) is 6.41. The predicted octanol–water partition coefficient (Wildman–Crippen LogP) is 5.37. The van der Waals surface area contributed by atoms with Gasteiger partial charge in [-0.25, -0.2) is 0 Å². The number of hydrogen-bond acceptors (Lipinski definition) is 2. The quantitative estimate of drug-likeness (QED) is 0.689. The lowest BCUT2D eigenvalue weighted by atomic mass is 9.83. The second-order valence-electron chi connectivity index (χ2n) is 6.18. The van der Waals surface area contributed by atoms with Crippen molar-refractivity contribution in [2.24, 2.45) is 0 Å². The molecular formula is C21H18ClNO2. The van der Waals surface area contributed by atoms with Gasteiger partial charge in [0.25, 0.3) is 0 Å². The van der Waals surface area contributed by atoms with E-state index in [0.717, 1.165) is 27.6 Å². The van der Waals surface area contributed by atoms with Gasteiger partial charge in [0.15, 0.2) is 0 Å². The fourth-order valence-corrected chi connectivity index (χ4v) is 3.75. The number of fused-ring (bicyclic) bond motifs is 3. The van der Waals surface area contributed by atoms with E-state index in [0.29, 0.717) is 23.8 Å². The van der Waals surface area contributed by atoms with Crippen LogP contribution in [-0.4, -0.2) is 12.5 Å². The lowest BCUT2D eigenvalue weighted by Crippen LogP contribution is -2.23. The first-order chi connectivity index (χ1) is 12.2. The number of amides is 1. The van der Waals surface area contributed by atoms with E-state index >= 15 is 0 Å². The number of carbonyl (C=O) groups excluding carboxylic acids is 1. The summed E-state index contributed by atoms with van der Waals surface area (Å²) in [5.41, 5.74) is 3.06. The highest BCUT2D eigenvalue weighted by atomic mass is 35.5. The molecule has 1 heterocycles. The molecule has 3 aromatic carbocycles. The second-order valence-corrected chi connectivity index (χ2v) is 6.59. The number of halogens is 1. The fourth-order valence-electron chi connectivity index (χ4n) is 3.51. The summed E-state index contributed by atoms with van der Waals surface area (Å²) in [5, 5.41) is 5.81. The Morgan fingerprint density at radius 3 is 2.80 bits per heavy atom. The van der Waals surface area contributed by atoms with Gasteiger partial charge in [-0.05, 0) is 35.6 Å². The summed E-state index contributed by atoms with van der Waals surface area (Å²) in [7, 11) is 0. The fraction of sp³-hybridized carbons (Fsp3) is 0.190. The van der Waals surface area contributed by atoms with Gasteiger partial charge >= 0.3 is 0 Å². The molecule has 1 aliphatic rings. The van der Waals surface area contributed by atoms with Crippen molar-refractivity contribution in [2.45, 2.75) is 19.3 Å². The van der Waals surface area contributed by atoms with E-state index in [2.05, 4.69) is 23.5 Å². The van der Waals surface area contributed by atoms with E-state index in [1.54, 1.807) is 0 Å². The Labute approximate surface area is 151 Å². The molecule has 4 heteroatoms. The average Bonchev–Trinajstić information content (AvgIpc) is 2.63. The van der Waals surface area contributed by atoms with Crippen molar-refractivity contribution in [3.05, 3.63) is 70.7 Å². The SMILES string of the molecule is CCOc1ccc(C2CC(=O)Nc3c2ccc2ccccc32)cc1Cl. The smallest absolute Gasteiger partial charge is 0.225 e. The Hall–Kier alpha value is -2.52.